The summed E-state index contributed by atoms with van der Waals surface area (Å²) >= 11 is 5.87. The Morgan fingerprint density at radius 2 is 1.87 bits per heavy atom. The molecule has 0 fully saturated rings. The molecule has 2 heterocycles. The maximum absolute atomic E-state index is 12.5. The van der Waals surface area contributed by atoms with E-state index in [-0.39, 0.29) is 16.9 Å². The molecule has 0 atom stereocenters. The normalized spacial score (nSPS) is 11.1. The maximum Gasteiger partial charge on any atom is 0.303 e. The smallest absolute Gasteiger partial charge is 0.303 e. The van der Waals surface area contributed by atoms with Gasteiger partial charge in [-0.15, -0.1) is 0 Å². The van der Waals surface area contributed by atoms with Crippen molar-refractivity contribution in [2.75, 3.05) is 4.72 Å². The number of aromatic amines is 2. The molecule has 10 heteroatoms. The first-order valence-electron chi connectivity index (χ1n) is 8.84. The fraction of sp³-hybridized carbons (Fsp3) is 0.100. The van der Waals surface area contributed by atoms with Gasteiger partial charge in [0, 0.05) is 39.6 Å². The molecular weight excluding hydrogens is 430 g/mol. The van der Waals surface area contributed by atoms with Crippen LogP contribution in [0.1, 0.15) is 13.3 Å². The molecule has 0 saturated carbocycles. The number of halogens is 1. The molecule has 0 unspecified atom stereocenters. The van der Waals surface area contributed by atoms with Crippen molar-refractivity contribution in [2.24, 2.45) is 0 Å². The average molecular weight is 448 g/mol. The van der Waals surface area contributed by atoms with Gasteiger partial charge in [0.05, 0.1) is 4.90 Å². The highest BCUT2D eigenvalue weighted by Gasteiger charge is 2.15. The standard InChI is InChI=1S/C17H12ClN3O3S.C3H6O2/c18-10-2-1-3-12(8-10)25(23,24)21-11-4-5-15-14(9-11)13-6-7-19-16(13)17(22)20-15;1-2-3(4)5/h1-9,19,21H,(H,20,22);2H2,1H3,(H,4,5). The minimum Gasteiger partial charge on any atom is -0.481 e. The van der Waals surface area contributed by atoms with Crippen LogP contribution in [0.5, 0.6) is 0 Å². The third-order valence-electron chi connectivity index (χ3n) is 4.19. The van der Waals surface area contributed by atoms with Crippen molar-refractivity contribution in [1.82, 2.24) is 9.97 Å². The predicted molar refractivity (Wildman–Crippen MR) is 117 cm³/mol. The number of nitrogens with one attached hydrogen (secondary N) is 3. The van der Waals surface area contributed by atoms with Gasteiger partial charge in [0.1, 0.15) is 5.52 Å². The van der Waals surface area contributed by atoms with Gasteiger partial charge in [-0.3, -0.25) is 14.3 Å². The van der Waals surface area contributed by atoms with E-state index in [2.05, 4.69) is 14.7 Å². The van der Waals surface area contributed by atoms with Gasteiger partial charge in [-0.25, -0.2) is 8.42 Å². The fourth-order valence-corrected chi connectivity index (χ4v) is 4.10. The summed E-state index contributed by atoms with van der Waals surface area (Å²) in [5, 5.41) is 9.53. The number of pyridine rings is 1. The van der Waals surface area contributed by atoms with E-state index >= 15 is 0 Å². The van der Waals surface area contributed by atoms with Crippen LogP contribution >= 0.6 is 11.6 Å². The Hall–Kier alpha value is -3.30. The quantitative estimate of drug-likeness (QED) is 0.376. The molecule has 0 saturated heterocycles. The summed E-state index contributed by atoms with van der Waals surface area (Å²) in [6.07, 6.45) is 1.89. The number of H-pyrrole nitrogens is 2. The van der Waals surface area contributed by atoms with Gasteiger partial charge in [0.2, 0.25) is 0 Å². The third kappa shape index (κ3) is 4.64. The molecule has 2 aromatic heterocycles. The molecule has 0 amide bonds. The average Bonchev–Trinajstić information content (AvgIpc) is 3.20. The van der Waals surface area contributed by atoms with E-state index in [1.54, 1.807) is 49.5 Å². The molecule has 0 spiro atoms. The van der Waals surface area contributed by atoms with Crippen molar-refractivity contribution >= 4 is 55.1 Å². The fourth-order valence-electron chi connectivity index (χ4n) is 2.75. The summed E-state index contributed by atoms with van der Waals surface area (Å²) < 4.78 is 27.6. The van der Waals surface area contributed by atoms with Crippen LogP contribution in [0.3, 0.4) is 0 Å². The van der Waals surface area contributed by atoms with Crippen molar-refractivity contribution < 1.29 is 18.3 Å². The summed E-state index contributed by atoms with van der Waals surface area (Å²) in [4.78, 5) is 27.1. The largest absolute Gasteiger partial charge is 0.481 e. The summed E-state index contributed by atoms with van der Waals surface area (Å²) in [5.74, 6) is -0.745. The number of aliphatic carboxylic acids is 1. The summed E-state index contributed by atoms with van der Waals surface area (Å²) in [6.45, 7) is 1.60. The number of carbonyl (C=O) groups is 1. The molecule has 4 N–H and O–H groups in total. The first kappa shape index (κ1) is 21.4. The van der Waals surface area contributed by atoms with E-state index in [9.17, 15) is 18.0 Å². The lowest BCUT2D eigenvalue weighted by Gasteiger charge is -2.09. The number of hydrogen-bond donors (Lipinski definition) is 4. The van der Waals surface area contributed by atoms with E-state index in [1.807, 2.05) is 0 Å². The van der Waals surface area contributed by atoms with Crippen molar-refractivity contribution in [1.29, 1.82) is 0 Å². The number of aromatic nitrogens is 2. The number of rotatable bonds is 4. The van der Waals surface area contributed by atoms with Gasteiger partial charge < -0.3 is 15.1 Å². The molecule has 0 aliphatic carbocycles. The summed E-state index contributed by atoms with van der Waals surface area (Å²) in [5.41, 5.74) is 1.24. The SMILES string of the molecule is CCC(=O)O.O=c1[nH]c2ccc(NS(=O)(=O)c3cccc(Cl)c3)cc2c2cc[nH]c12. The van der Waals surface area contributed by atoms with E-state index in [0.29, 0.717) is 21.7 Å². The molecule has 8 nitrogen and oxygen atoms in total. The number of fused-ring (bicyclic) bond motifs is 3. The van der Waals surface area contributed by atoms with Crippen LogP contribution in [0.2, 0.25) is 5.02 Å². The molecule has 2 aromatic carbocycles. The van der Waals surface area contributed by atoms with Crippen LogP contribution in [-0.4, -0.2) is 29.5 Å². The van der Waals surface area contributed by atoms with Gasteiger partial charge >= 0.3 is 5.97 Å². The van der Waals surface area contributed by atoms with E-state index < -0.39 is 16.0 Å². The number of anilines is 1. The molecule has 4 aromatic rings. The number of carboxylic acids is 1. The van der Waals surface area contributed by atoms with Crippen LogP contribution in [-0.2, 0) is 14.8 Å². The van der Waals surface area contributed by atoms with Crippen LogP contribution in [0.4, 0.5) is 5.69 Å². The predicted octanol–water partition coefficient (Wildman–Crippen LogP) is 3.94. The number of carboxylic acid groups (broad SMARTS) is 1. The van der Waals surface area contributed by atoms with Crippen molar-refractivity contribution in [3.8, 4) is 0 Å². The summed E-state index contributed by atoms with van der Waals surface area (Å²) in [6, 6.07) is 12.8. The van der Waals surface area contributed by atoms with E-state index in [4.69, 9.17) is 16.7 Å². The minimum absolute atomic E-state index is 0.0772. The highest BCUT2D eigenvalue weighted by Crippen LogP contribution is 2.25. The third-order valence-corrected chi connectivity index (χ3v) is 5.81. The second-order valence-electron chi connectivity index (χ2n) is 6.29. The number of hydrogen-bond acceptors (Lipinski definition) is 4. The lowest BCUT2D eigenvalue weighted by atomic mass is 10.1. The molecule has 0 bridgehead atoms. The van der Waals surface area contributed by atoms with Crippen LogP contribution < -0.4 is 10.3 Å². The molecule has 30 heavy (non-hydrogen) atoms. The van der Waals surface area contributed by atoms with E-state index in [1.165, 1.54) is 12.1 Å². The first-order valence-corrected chi connectivity index (χ1v) is 10.7. The zero-order valence-corrected chi connectivity index (χ0v) is 17.3. The zero-order valence-electron chi connectivity index (χ0n) is 15.8. The molecule has 156 valence electrons. The van der Waals surface area contributed by atoms with Crippen molar-refractivity contribution in [2.45, 2.75) is 18.2 Å². The highest BCUT2D eigenvalue weighted by atomic mass is 35.5. The topological polar surface area (TPSA) is 132 Å². The van der Waals surface area contributed by atoms with Crippen molar-refractivity contribution in [3.63, 3.8) is 0 Å². The molecule has 0 aliphatic heterocycles. The Morgan fingerprint density at radius 3 is 2.53 bits per heavy atom. The lowest BCUT2D eigenvalue weighted by molar-refractivity contribution is -0.136. The maximum atomic E-state index is 12.5. The monoisotopic (exact) mass is 447 g/mol. The van der Waals surface area contributed by atoms with E-state index in [0.717, 1.165) is 10.8 Å². The number of sulfonamides is 1. The Kier molecular flexibility index (Phi) is 6.14. The Morgan fingerprint density at radius 1 is 1.13 bits per heavy atom. The van der Waals surface area contributed by atoms with Crippen LogP contribution in [0, 0.1) is 0 Å². The molecule has 0 radical (unpaired) electrons. The van der Waals surface area contributed by atoms with Gasteiger partial charge in [-0.2, -0.15) is 0 Å². The Balaban J connectivity index is 0.000000461. The van der Waals surface area contributed by atoms with Crippen molar-refractivity contribution in [3.05, 3.63) is 70.1 Å². The molecule has 0 aliphatic rings. The molecular formula is C20H18ClN3O5S. The second kappa shape index (κ2) is 8.60. The van der Waals surface area contributed by atoms with Gasteiger partial charge in [-0.05, 0) is 42.5 Å². The van der Waals surface area contributed by atoms with Gasteiger partial charge in [-0.1, -0.05) is 24.6 Å². The molecule has 4 rings (SSSR count). The number of benzene rings is 2. The second-order valence-corrected chi connectivity index (χ2v) is 8.41. The zero-order chi connectivity index (χ0) is 21.9. The minimum atomic E-state index is -3.77. The van der Waals surface area contributed by atoms with Gasteiger partial charge in [0.25, 0.3) is 15.6 Å². The van der Waals surface area contributed by atoms with Crippen LogP contribution in [0.25, 0.3) is 21.8 Å². The lowest BCUT2D eigenvalue weighted by Crippen LogP contribution is -2.13. The first-order chi connectivity index (χ1) is 14.2. The van der Waals surface area contributed by atoms with Gasteiger partial charge in [0.15, 0.2) is 0 Å². The van der Waals surface area contributed by atoms with Crippen LogP contribution in [0.15, 0.2) is 64.4 Å². The highest BCUT2D eigenvalue weighted by molar-refractivity contribution is 7.92. The Labute approximate surface area is 176 Å². The Bertz CT molecular complexity index is 1390. The summed E-state index contributed by atoms with van der Waals surface area (Å²) in [7, 11) is -3.77.